The molecule has 0 heterocycles. The van der Waals surface area contributed by atoms with Crippen molar-refractivity contribution in [2.24, 2.45) is 5.41 Å². The lowest BCUT2D eigenvalue weighted by molar-refractivity contribution is -0.147. The van der Waals surface area contributed by atoms with Gasteiger partial charge in [0.2, 0.25) is 0 Å². The molecule has 0 amide bonds. The molecule has 6 nitrogen and oxygen atoms in total. The highest BCUT2D eigenvalue weighted by atomic mass is 16.4. The Kier molecular flexibility index (Phi) is 8.06. The average Bonchev–Trinajstić information content (AvgIpc) is 2.33. The molecule has 1 unspecified atom stereocenters. The summed E-state index contributed by atoms with van der Waals surface area (Å²) in [7, 11) is 0. The number of carbonyl (C=O) groups excluding carboxylic acids is 1. The Hall–Kier alpha value is -1.43. The number of carboxylic acid groups (broad SMARTS) is 2. The summed E-state index contributed by atoms with van der Waals surface area (Å²) in [6, 6.07) is 0. The molecule has 20 heavy (non-hydrogen) atoms. The summed E-state index contributed by atoms with van der Waals surface area (Å²) in [6.07, 6.45) is 1.07. The first-order valence-corrected chi connectivity index (χ1v) is 6.83. The highest BCUT2D eigenvalue weighted by Gasteiger charge is 2.27. The van der Waals surface area contributed by atoms with E-state index in [1.807, 2.05) is 0 Å². The molecule has 0 aromatic carbocycles. The van der Waals surface area contributed by atoms with Gasteiger partial charge in [-0.3, -0.25) is 14.4 Å². The minimum absolute atomic E-state index is 0.0240. The second-order valence-electron chi connectivity index (χ2n) is 5.66. The summed E-state index contributed by atoms with van der Waals surface area (Å²) in [6.45, 7) is 3.21. The Morgan fingerprint density at radius 1 is 1.00 bits per heavy atom. The third kappa shape index (κ3) is 7.89. The summed E-state index contributed by atoms with van der Waals surface area (Å²) < 4.78 is 0. The zero-order chi connectivity index (χ0) is 15.8. The fourth-order valence-corrected chi connectivity index (χ4v) is 1.75. The van der Waals surface area contributed by atoms with Gasteiger partial charge in [-0.05, 0) is 46.0 Å². The molecule has 0 bridgehead atoms. The normalized spacial score (nSPS) is 12.9. The average molecular weight is 288 g/mol. The molecule has 6 heteroatoms. The van der Waals surface area contributed by atoms with Gasteiger partial charge < -0.3 is 15.3 Å². The Morgan fingerprint density at radius 3 is 2.05 bits per heavy atom. The number of hydrogen-bond acceptors (Lipinski definition) is 4. The predicted octanol–water partition coefficient (Wildman–Crippen LogP) is 1.84. The van der Waals surface area contributed by atoms with Crippen LogP contribution in [0.3, 0.4) is 0 Å². The van der Waals surface area contributed by atoms with Gasteiger partial charge in [0.1, 0.15) is 6.10 Å². The summed E-state index contributed by atoms with van der Waals surface area (Å²) in [4.78, 5) is 32.7. The summed E-state index contributed by atoms with van der Waals surface area (Å²) in [5, 5.41) is 27.0. The molecule has 1 atom stereocenters. The molecule has 0 fully saturated rings. The van der Waals surface area contributed by atoms with E-state index < -0.39 is 23.5 Å². The van der Waals surface area contributed by atoms with Crippen molar-refractivity contribution in [3.8, 4) is 0 Å². The number of unbranched alkanes of at least 4 members (excludes halogenated alkanes) is 1. The topological polar surface area (TPSA) is 112 Å². The molecule has 0 saturated carbocycles. The van der Waals surface area contributed by atoms with Gasteiger partial charge in [0.05, 0.1) is 5.41 Å². The number of aliphatic carboxylic acids is 2. The molecule has 0 saturated heterocycles. The zero-order valence-corrected chi connectivity index (χ0v) is 12.1. The van der Waals surface area contributed by atoms with E-state index in [9.17, 15) is 19.5 Å². The quantitative estimate of drug-likeness (QED) is 0.500. The van der Waals surface area contributed by atoms with Crippen molar-refractivity contribution < 1.29 is 29.7 Å². The van der Waals surface area contributed by atoms with Crippen molar-refractivity contribution in [2.75, 3.05) is 0 Å². The van der Waals surface area contributed by atoms with E-state index in [-0.39, 0.29) is 25.0 Å². The van der Waals surface area contributed by atoms with Gasteiger partial charge in [-0.1, -0.05) is 0 Å². The molecule has 0 aromatic heterocycles. The van der Waals surface area contributed by atoms with Gasteiger partial charge in [-0.25, -0.2) is 0 Å². The van der Waals surface area contributed by atoms with Crippen LogP contribution in [-0.2, 0) is 14.4 Å². The van der Waals surface area contributed by atoms with E-state index in [1.54, 1.807) is 13.8 Å². The number of carboxylic acids is 2. The van der Waals surface area contributed by atoms with Crippen LogP contribution in [0.1, 0.15) is 58.8 Å². The first-order valence-electron chi connectivity index (χ1n) is 6.83. The van der Waals surface area contributed by atoms with Crippen LogP contribution in [0.5, 0.6) is 0 Å². The van der Waals surface area contributed by atoms with E-state index in [4.69, 9.17) is 10.2 Å². The highest BCUT2D eigenvalue weighted by molar-refractivity contribution is 5.82. The lowest BCUT2D eigenvalue weighted by Gasteiger charge is -2.19. The Morgan fingerprint density at radius 2 is 1.55 bits per heavy atom. The SMILES string of the molecule is CC(C)(CCCC(O)C(=O)CCCCC(=O)O)C(=O)O. The Labute approximate surface area is 118 Å². The minimum Gasteiger partial charge on any atom is -0.481 e. The summed E-state index contributed by atoms with van der Waals surface area (Å²) in [5.41, 5.74) is -0.857. The first kappa shape index (κ1) is 18.6. The lowest BCUT2D eigenvalue weighted by Crippen LogP contribution is -2.25. The lowest BCUT2D eigenvalue weighted by atomic mass is 9.86. The van der Waals surface area contributed by atoms with Gasteiger partial charge in [0.15, 0.2) is 5.78 Å². The fraction of sp³-hybridized carbons (Fsp3) is 0.786. The van der Waals surface area contributed by atoms with E-state index in [2.05, 4.69) is 0 Å². The molecule has 0 aromatic rings. The van der Waals surface area contributed by atoms with E-state index >= 15 is 0 Å². The van der Waals surface area contributed by atoms with Crippen molar-refractivity contribution in [3.05, 3.63) is 0 Å². The van der Waals surface area contributed by atoms with Gasteiger partial charge in [0.25, 0.3) is 0 Å². The number of rotatable bonds is 11. The smallest absolute Gasteiger partial charge is 0.309 e. The Balaban J connectivity index is 3.86. The second kappa shape index (κ2) is 8.68. The molecular weight excluding hydrogens is 264 g/mol. The fourth-order valence-electron chi connectivity index (χ4n) is 1.75. The van der Waals surface area contributed by atoms with Crippen molar-refractivity contribution in [1.29, 1.82) is 0 Å². The second-order valence-corrected chi connectivity index (χ2v) is 5.66. The van der Waals surface area contributed by atoms with E-state index in [0.29, 0.717) is 25.7 Å². The molecule has 0 rings (SSSR count). The van der Waals surface area contributed by atoms with Crippen molar-refractivity contribution in [2.45, 2.75) is 64.9 Å². The number of ketones is 1. The third-order valence-electron chi connectivity index (χ3n) is 3.29. The van der Waals surface area contributed by atoms with E-state index in [1.165, 1.54) is 0 Å². The summed E-state index contributed by atoms with van der Waals surface area (Å²) >= 11 is 0. The molecular formula is C14H24O6. The maximum atomic E-state index is 11.6. The van der Waals surface area contributed by atoms with Crippen LogP contribution in [0.15, 0.2) is 0 Å². The van der Waals surface area contributed by atoms with Crippen LogP contribution in [0.2, 0.25) is 0 Å². The van der Waals surface area contributed by atoms with Crippen LogP contribution in [0, 0.1) is 5.41 Å². The minimum atomic E-state index is -1.08. The van der Waals surface area contributed by atoms with Crippen LogP contribution < -0.4 is 0 Å². The summed E-state index contributed by atoms with van der Waals surface area (Å²) in [5.74, 6) is -2.09. The molecule has 0 aliphatic carbocycles. The van der Waals surface area contributed by atoms with Gasteiger partial charge >= 0.3 is 11.9 Å². The largest absolute Gasteiger partial charge is 0.481 e. The maximum absolute atomic E-state index is 11.6. The standard InChI is InChI=1S/C14H24O6/c1-14(2,13(19)20)9-5-7-11(16)10(15)6-3-4-8-12(17)18/h11,16H,3-9H2,1-2H3,(H,17,18)(H,19,20). The molecule has 0 aliphatic heterocycles. The number of aliphatic hydroxyl groups excluding tert-OH is 1. The first-order chi connectivity index (χ1) is 9.16. The molecule has 0 spiro atoms. The van der Waals surface area contributed by atoms with Crippen molar-refractivity contribution >= 4 is 17.7 Å². The number of hydrogen-bond donors (Lipinski definition) is 3. The number of aliphatic hydroxyl groups is 1. The van der Waals surface area contributed by atoms with Crippen LogP contribution in [0.4, 0.5) is 0 Å². The van der Waals surface area contributed by atoms with Crippen molar-refractivity contribution in [3.63, 3.8) is 0 Å². The monoisotopic (exact) mass is 288 g/mol. The van der Waals surface area contributed by atoms with Crippen LogP contribution >= 0.6 is 0 Å². The van der Waals surface area contributed by atoms with Crippen LogP contribution in [-0.4, -0.2) is 39.1 Å². The van der Waals surface area contributed by atoms with Gasteiger partial charge in [-0.15, -0.1) is 0 Å². The van der Waals surface area contributed by atoms with E-state index in [0.717, 1.165) is 0 Å². The predicted molar refractivity (Wildman–Crippen MR) is 72.4 cm³/mol. The maximum Gasteiger partial charge on any atom is 0.309 e. The molecule has 0 aliphatic rings. The van der Waals surface area contributed by atoms with Gasteiger partial charge in [-0.2, -0.15) is 0 Å². The molecule has 3 N–H and O–H groups in total. The molecule has 116 valence electrons. The molecule has 0 radical (unpaired) electrons. The Bertz CT molecular complexity index is 348. The number of carbonyl (C=O) groups is 3. The zero-order valence-electron chi connectivity index (χ0n) is 12.1. The third-order valence-corrected chi connectivity index (χ3v) is 3.29. The highest BCUT2D eigenvalue weighted by Crippen LogP contribution is 2.24. The van der Waals surface area contributed by atoms with Crippen LogP contribution in [0.25, 0.3) is 0 Å². The van der Waals surface area contributed by atoms with Gasteiger partial charge in [0, 0.05) is 12.8 Å². The van der Waals surface area contributed by atoms with Crippen molar-refractivity contribution in [1.82, 2.24) is 0 Å². The number of Topliss-reactive ketones (excluding diaryl/α,β-unsaturated/α-hetero) is 1.